The molecule has 1 atom stereocenters. The van der Waals surface area contributed by atoms with Crippen LogP contribution in [0.5, 0.6) is 0 Å². The highest BCUT2D eigenvalue weighted by atomic mass is 16.6. The summed E-state index contributed by atoms with van der Waals surface area (Å²) < 4.78 is 16.6. The molecule has 0 saturated carbocycles. The highest BCUT2D eigenvalue weighted by molar-refractivity contribution is 5.71. The van der Waals surface area contributed by atoms with Crippen LogP contribution >= 0.6 is 0 Å². The molecule has 0 aromatic rings. The first kappa shape index (κ1) is 58.3. The van der Waals surface area contributed by atoms with Gasteiger partial charge >= 0.3 is 17.9 Å². The molecule has 0 radical (unpaired) electrons. The summed E-state index contributed by atoms with van der Waals surface area (Å²) in [6.07, 6.45) is 65.6. The molecule has 0 fully saturated rings. The molecular weight excluding hydrogens is 769 g/mol. The van der Waals surface area contributed by atoms with Crippen LogP contribution in [0, 0.1) is 0 Å². The van der Waals surface area contributed by atoms with Crippen LogP contribution < -0.4 is 0 Å². The Labute approximate surface area is 381 Å². The van der Waals surface area contributed by atoms with Gasteiger partial charge in [-0.25, -0.2) is 0 Å². The molecule has 0 aromatic heterocycles. The van der Waals surface area contributed by atoms with Gasteiger partial charge in [0.25, 0.3) is 0 Å². The lowest BCUT2D eigenvalue weighted by atomic mass is 10.1. The monoisotopic (exact) mass is 861 g/mol. The minimum Gasteiger partial charge on any atom is -0.462 e. The molecule has 6 heteroatoms. The number of ether oxygens (including phenoxy) is 3. The molecule has 0 aliphatic carbocycles. The fourth-order valence-corrected chi connectivity index (χ4v) is 6.54. The fraction of sp³-hybridized carbons (Fsp3) is 0.661. The molecular formula is C56H92O6. The van der Waals surface area contributed by atoms with Crippen molar-refractivity contribution in [2.24, 2.45) is 0 Å². The SMILES string of the molecule is CC/C=C\C/C=C\C/C=C\C/C=C\C/C=C\C/C=C\C/C=C\CCCCCCCC(=O)OCC(COC(=O)CCCCCCCCC)OC(=O)CCCCCCC/C=C\CCC. The maximum atomic E-state index is 12.7. The normalized spacial score (nSPS) is 12.9. The van der Waals surface area contributed by atoms with Gasteiger partial charge in [-0.15, -0.1) is 0 Å². The molecule has 0 aliphatic rings. The van der Waals surface area contributed by atoms with Crippen molar-refractivity contribution < 1.29 is 28.6 Å². The minimum absolute atomic E-state index is 0.0876. The van der Waals surface area contributed by atoms with Crippen LogP contribution in [-0.2, 0) is 28.6 Å². The summed E-state index contributed by atoms with van der Waals surface area (Å²) in [6, 6.07) is 0. The van der Waals surface area contributed by atoms with E-state index in [0.29, 0.717) is 19.3 Å². The van der Waals surface area contributed by atoms with Crippen molar-refractivity contribution in [2.45, 2.75) is 226 Å². The summed E-state index contributed by atoms with van der Waals surface area (Å²) in [5.41, 5.74) is 0. The number of rotatable bonds is 44. The van der Waals surface area contributed by atoms with Crippen molar-refractivity contribution >= 4 is 17.9 Å². The molecule has 0 N–H and O–H groups in total. The number of carbonyl (C=O) groups is 3. The first-order valence-electron chi connectivity index (χ1n) is 25.2. The second-order valence-electron chi connectivity index (χ2n) is 16.3. The van der Waals surface area contributed by atoms with Crippen LogP contribution in [0.1, 0.15) is 220 Å². The number of allylic oxidation sites excluding steroid dienone is 16. The van der Waals surface area contributed by atoms with Crippen molar-refractivity contribution in [3.8, 4) is 0 Å². The molecule has 0 amide bonds. The largest absolute Gasteiger partial charge is 0.462 e. The highest BCUT2D eigenvalue weighted by Crippen LogP contribution is 2.13. The Bertz CT molecular complexity index is 1260. The Morgan fingerprint density at radius 3 is 1.06 bits per heavy atom. The van der Waals surface area contributed by atoms with Crippen molar-refractivity contribution in [1.82, 2.24) is 0 Å². The van der Waals surface area contributed by atoms with Crippen molar-refractivity contribution in [1.29, 1.82) is 0 Å². The molecule has 352 valence electrons. The van der Waals surface area contributed by atoms with Gasteiger partial charge in [-0.05, 0) is 96.3 Å². The van der Waals surface area contributed by atoms with Gasteiger partial charge in [0.05, 0.1) is 0 Å². The Morgan fingerprint density at radius 2 is 0.661 bits per heavy atom. The number of unbranched alkanes of at least 4 members (excludes halogenated alkanes) is 17. The number of esters is 3. The van der Waals surface area contributed by atoms with Crippen molar-refractivity contribution in [3.05, 3.63) is 97.2 Å². The molecule has 0 rings (SSSR count). The summed E-state index contributed by atoms with van der Waals surface area (Å²) in [5.74, 6) is -0.932. The zero-order valence-corrected chi connectivity index (χ0v) is 40.1. The number of hydrogen-bond donors (Lipinski definition) is 0. The predicted molar refractivity (Wildman–Crippen MR) is 265 cm³/mol. The van der Waals surface area contributed by atoms with Gasteiger partial charge in [0.15, 0.2) is 6.10 Å². The van der Waals surface area contributed by atoms with Crippen LogP contribution in [0.3, 0.4) is 0 Å². The third-order valence-electron chi connectivity index (χ3n) is 10.3. The van der Waals surface area contributed by atoms with Crippen LogP contribution in [0.2, 0.25) is 0 Å². The Morgan fingerprint density at radius 1 is 0.339 bits per heavy atom. The third-order valence-corrected chi connectivity index (χ3v) is 10.3. The maximum Gasteiger partial charge on any atom is 0.306 e. The van der Waals surface area contributed by atoms with E-state index in [1.165, 1.54) is 38.5 Å². The van der Waals surface area contributed by atoms with E-state index in [4.69, 9.17) is 14.2 Å². The summed E-state index contributed by atoms with van der Waals surface area (Å²) >= 11 is 0. The molecule has 0 heterocycles. The van der Waals surface area contributed by atoms with Gasteiger partial charge in [-0.1, -0.05) is 201 Å². The summed E-state index contributed by atoms with van der Waals surface area (Å²) in [5, 5.41) is 0. The van der Waals surface area contributed by atoms with Crippen LogP contribution in [0.25, 0.3) is 0 Å². The third kappa shape index (κ3) is 47.4. The average Bonchev–Trinajstić information content (AvgIpc) is 3.27. The molecule has 0 spiro atoms. The summed E-state index contributed by atoms with van der Waals surface area (Å²) in [4.78, 5) is 37.7. The molecule has 0 bridgehead atoms. The van der Waals surface area contributed by atoms with E-state index < -0.39 is 6.10 Å². The topological polar surface area (TPSA) is 78.9 Å². The second kappa shape index (κ2) is 50.0. The second-order valence-corrected chi connectivity index (χ2v) is 16.3. The van der Waals surface area contributed by atoms with Crippen LogP contribution in [0.4, 0.5) is 0 Å². The first-order valence-corrected chi connectivity index (χ1v) is 25.2. The van der Waals surface area contributed by atoms with Gasteiger partial charge in [0, 0.05) is 19.3 Å². The quantitative estimate of drug-likeness (QED) is 0.0263. The van der Waals surface area contributed by atoms with Gasteiger partial charge in [-0.3, -0.25) is 14.4 Å². The average molecular weight is 861 g/mol. The zero-order chi connectivity index (χ0) is 45.1. The first-order chi connectivity index (χ1) is 30.5. The maximum absolute atomic E-state index is 12.7. The Balaban J connectivity index is 4.21. The van der Waals surface area contributed by atoms with E-state index in [1.807, 2.05) is 0 Å². The molecule has 62 heavy (non-hydrogen) atoms. The van der Waals surface area contributed by atoms with E-state index in [0.717, 1.165) is 141 Å². The summed E-state index contributed by atoms with van der Waals surface area (Å²) in [6.45, 7) is 6.37. The van der Waals surface area contributed by atoms with Gasteiger partial charge in [-0.2, -0.15) is 0 Å². The van der Waals surface area contributed by atoms with E-state index in [9.17, 15) is 14.4 Å². The van der Waals surface area contributed by atoms with E-state index >= 15 is 0 Å². The van der Waals surface area contributed by atoms with Crippen LogP contribution in [0.15, 0.2) is 97.2 Å². The van der Waals surface area contributed by atoms with Gasteiger partial charge in [0.2, 0.25) is 0 Å². The van der Waals surface area contributed by atoms with Crippen LogP contribution in [-0.4, -0.2) is 37.2 Å². The molecule has 0 aliphatic heterocycles. The van der Waals surface area contributed by atoms with E-state index in [-0.39, 0.29) is 31.1 Å². The Hall–Kier alpha value is -3.67. The molecule has 0 saturated heterocycles. The molecule has 0 aromatic carbocycles. The Kier molecular flexibility index (Phi) is 47.0. The minimum atomic E-state index is -0.785. The highest BCUT2D eigenvalue weighted by Gasteiger charge is 2.19. The molecule has 6 nitrogen and oxygen atoms in total. The van der Waals surface area contributed by atoms with Gasteiger partial charge < -0.3 is 14.2 Å². The fourth-order valence-electron chi connectivity index (χ4n) is 6.54. The van der Waals surface area contributed by atoms with Crippen molar-refractivity contribution in [3.63, 3.8) is 0 Å². The van der Waals surface area contributed by atoms with Gasteiger partial charge in [0.1, 0.15) is 13.2 Å². The number of carbonyl (C=O) groups excluding carboxylic acids is 3. The zero-order valence-electron chi connectivity index (χ0n) is 40.1. The lowest BCUT2D eigenvalue weighted by Gasteiger charge is -2.18. The number of hydrogen-bond acceptors (Lipinski definition) is 6. The van der Waals surface area contributed by atoms with E-state index in [2.05, 4.69) is 118 Å². The smallest absolute Gasteiger partial charge is 0.306 e. The van der Waals surface area contributed by atoms with Crippen molar-refractivity contribution in [2.75, 3.05) is 13.2 Å². The lowest BCUT2D eigenvalue weighted by molar-refractivity contribution is -0.167. The summed E-state index contributed by atoms with van der Waals surface area (Å²) in [7, 11) is 0. The predicted octanol–water partition coefficient (Wildman–Crippen LogP) is 16.6. The molecule has 1 unspecified atom stereocenters. The standard InChI is InChI=1S/C56H92O6/c1-4-7-10-13-16-18-20-21-22-23-24-25-26-27-28-29-30-31-32-33-34-35-36-38-40-43-46-49-55(58)61-52-53(51-60-54(57)48-45-42-39-15-12-9-6-3)62-56(59)50-47-44-41-37-19-17-14-11-8-5-2/h7,10-11,14,16,18,21-22,24-25,27-28,30-31,33-34,53H,4-6,8-9,12-13,15,17,19-20,23,26,29,32,35-52H2,1-3H3/b10-7-,14-11-,18-16-,22-21-,25-24-,28-27-,31-30-,34-33-. The van der Waals surface area contributed by atoms with E-state index in [1.54, 1.807) is 0 Å². The lowest BCUT2D eigenvalue weighted by Crippen LogP contribution is -2.30.